The van der Waals surface area contributed by atoms with Crippen molar-refractivity contribution in [1.82, 2.24) is 39.3 Å². The number of H-pyrrole nitrogens is 1. The fraction of sp³-hybridized carbons (Fsp3) is 0.400. The van der Waals surface area contributed by atoms with E-state index in [9.17, 15) is 35.9 Å². The highest BCUT2D eigenvalue weighted by Crippen LogP contribution is 2.32. The SMILES string of the molecule is O=c1c2[nH]c(Cl)nc2n(CCC(F)(F)F)c(=O)n1CCCn1nnc(Cc2ccccc2C(F)(F)F)n1. The number of imidazole rings is 1. The number of nitrogens with one attached hydrogen (secondary N) is 1. The van der Waals surface area contributed by atoms with Crippen LogP contribution >= 0.6 is 11.6 Å². The highest BCUT2D eigenvalue weighted by molar-refractivity contribution is 6.28. The van der Waals surface area contributed by atoms with Gasteiger partial charge in [-0.2, -0.15) is 36.1 Å². The van der Waals surface area contributed by atoms with Gasteiger partial charge < -0.3 is 4.98 Å². The number of halogens is 7. The molecule has 0 saturated heterocycles. The van der Waals surface area contributed by atoms with Crippen molar-refractivity contribution in [1.29, 1.82) is 0 Å². The molecule has 198 valence electrons. The lowest BCUT2D eigenvalue weighted by Gasteiger charge is -2.12. The van der Waals surface area contributed by atoms with E-state index in [1.54, 1.807) is 0 Å². The molecule has 0 bridgehead atoms. The van der Waals surface area contributed by atoms with Crippen molar-refractivity contribution in [2.24, 2.45) is 0 Å². The second-order valence-electron chi connectivity index (χ2n) is 7.97. The first kappa shape index (κ1) is 26.4. The van der Waals surface area contributed by atoms with Crippen LogP contribution in [0.25, 0.3) is 11.2 Å². The molecule has 4 rings (SSSR count). The van der Waals surface area contributed by atoms with Crippen LogP contribution < -0.4 is 11.2 Å². The maximum Gasteiger partial charge on any atom is 0.416 e. The predicted molar refractivity (Wildman–Crippen MR) is 117 cm³/mol. The number of aryl methyl sites for hydroxylation is 2. The molecule has 0 saturated carbocycles. The third-order valence-electron chi connectivity index (χ3n) is 5.36. The van der Waals surface area contributed by atoms with Crippen molar-refractivity contribution in [2.45, 2.75) is 51.2 Å². The van der Waals surface area contributed by atoms with Crippen molar-refractivity contribution in [3.63, 3.8) is 0 Å². The van der Waals surface area contributed by atoms with Gasteiger partial charge in [-0.05, 0) is 34.9 Å². The molecule has 0 aliphatic heterocycles. The molecule has 3 aromatic heterocycles. The number of benzene rings is 1. The lowest BCUT2D eigenvalue weighted by Crippen LogP contribution is -2.41. The van der Waals surface area contributed by atoms with Gasteiger partial charge in [-0.15, -0.1) is 10.2 Å². The van der Waals surface area contributed by atoms with Crippen molar-refractivity contribution < 1.29 is 26.3 Å². The van der Waals surface area contributed by atoms with E-state index in [-0.39, 0.29) is 53.8 Å². The fourth-order valence-electron chi connectivity index (χ4n) is 3.71. The van der Waals surface area contributed by atoms with Gasteiger partial charge in [-0.1, -0.05) is 18.2 Å². The minimum atomic E-state index is -4.55. The van der Waals surface area contributed by atoms with Crippen molar-refractivity contribution in [3.8, 4) is 0 Å². The van der Waals surface area contributed by atoms with Crippen LogP contribution in [0.1, 0.15) is 29.8 Å². The summed E-state index contributed by atoms with van der Waals surface area (Å²) in [6.45, 7) is -0.970. The lowest BCUT2D eigenvalue weighted by atomic mass is 10.0. The summed E-state index contributed by atoms with van der Waals surface area (Å²) < 4.78 is 79.3. The molecular formula is C20H17ClF6N8O2. The number of fused-ring (bicyclic) bond motifs is 1. The molecule has 0 aliphatic carbocycles. The minimum absolute atomic E-state index is 0.0180. The Bertz CT molecular complexity index is 1530. The van der Waals surface area contributed by atoms with E-state index < -0.39 is 42.1 Å². The zero-order valence-corrected chi connectivity index (χ0v) is 19.4. The van der Waals surface area contributed by atoms with E-state index >= 15 is 0 Å². The fourth-order valence-corrected chi connectivity index (χ4v) is 3.88. The van der Waals surface area contributed by atoms with Gasteiger partial charge in [-0.3, -0.25) is 13.9 Å². The van der Waals surface area contributed by atoms with Crippen LogP contribution in [0, 0.1) is 0 Å². The summed E-state index contributed by atoms with van der Waals surface area (Å²) in [5, 5.41) is 11.3. The van der Waals surface area contributed by atoms with Crippen LogP contribution in [0.3, 0.4) is 0 Å². The first-order valence-electron chi connectivity index (χ1n) is 10.7. The first-order valence-corrected chi connectivity index (χ1v) is 11.1. The average molecular weight is 551 g/mol. The number of aromatic nitrogens is 8. The molecule has 10 nitrogen and oxygen atoms in total. The summed E-state index contributed by atoms with van der Waals surface area (Å²) in [4.78, 5) is 32.8. The van der Waals surface area contributed by atoms with Gasteiger partial charge in [-0.25, -0.2) is 4.79 Å². The number of hydrogen-bond donors (Lipinski definition) is 1. The molecule has 4 aromatic rings. The van der Waals surface area contributed by atoms with Crippen LogP contribution in [-0.4, -0.2) is 45.5 Å². The van der Waals surface area contributed by atoms with Gasteiger partial charge in [0.25, 0.3) is 5.56 Å². The summed E-state index contributed by atoms with van der Waals surface area (Å²) in [5.74, 6) is 0.0249. The Balaban J connectivity index is 1.50. The van der Waals surface area contributed by atoms with Crippen molar-refractivity contribution in [2.75, 3.05) is 0 Å². The Morgan fingerprint density at radius 2 is 1.70 bits per heavy atom. The third kappa shape index (κ3) is 6.00. The van der Waals surface area contributed by atoms with Crippen LogP contribution in [0.4, 0.5) is 26.3 Å². The normalized spacial score (nSPS) is 12.5. The number of hydrogen-bond acceptors (Lipinski definition) is 6. The largest absolute Gasteiger partial charge is 0.416 e. The van der Waals surface area contributed by atoms with Crippen LogP contribution in [0.15, 0.2) is 33.9 Å². The zero-order chi connectivity index (χ0) is 27.0. The van der Waals surface area contributed by atoms with Crippen LogP contribution in [-0.2, 0) is 32.2 Å². The monoisotopic (exact) mass is 550 g/mol. The summed E-state index contributed by atoms with van der Waals surface area (Å²) in [5.41, 5.74) is -3.19. The molecule has 0 radical (unpaired) electrons. The molecule has 0 amide bonds. The second kappa shape index (κ2) is 9.99. The maximum absolute atomic E-state index is 13.2. The average Bonchev–Trinajstić information content (AvgIpc) is 3.41. The number of tetrazole rings is 1. The summed E-state index contributed by atoms with van der Waals surface area (Å²) in [6.07, 6.45) is -10.6. The van der Waals surface area contributed by atoms with E-state index in [1.165, 1.54) is 18.2 Å². The molecule has 1 N–H and O–H groups in total. The van der Waals surface area contributed by atoms with Crippen LogP contribution in [0.2, 0.25) is 5.28 Å². The van der Waals surface area contributed by atoms with Gasteiger partial charge in [0, 0.05) is 19.5 Å². The van der Waals surface area contributed by atoms with Crippen LogP contribution in [0.5, 0.6) is 0 Å². The first-order chi connectivity index (χ1) is 17.3. The Hall–Kier alpha value is -3.69. The van der Waals surface area contributed by atoms with Crippen molar-refractivity contribution in [3.05, 3.63) is 67.3 Å². The van der Waals surface area contributed by atoms with E-state index in [4.69, 9.17) is 11.6 Å². The number of aromatic amines is 1. The van der Waals surface area contributed by atoms with Gasteiger partial charge in [0.2, 0.25) is 5.28 Å². The molecule has 0 spiro atoms. The Labute approximate surface area is 207 Å². The van der Waals surface area contributed by atoms with Gasteiger partial charge in [0.1, 0.15) is 0 Å². The standard InChI is InChI=1S/C20H17ClF6N8O2/c21-17-28-14-15(29-17)33(9-6-19(22,23)24)18(37)34(16(14)36)7-3-8-35-31-13(30-32-35)10-11-4-1-2-5-12(11)20(25,26)27/h1-2,4-5H,3,6-10H2,(H,28,29). The molecule has 37 heavy (non-hydrogen) atoms. The van der Waals surface area contributed by atoms with Crippen molar-refractivity contribution >= 4 is 22.8 Å². The summed E-state index contributed by atoms with van der Waals surface area (Å²) in [6, 6.07) is 4.97. The van der Waals surface area contributed by atoms with Gasteiger partial charge in [0.15, 0.2) is 17.0 Å². The van der Waals surface area contributed by atoms with Gasteiger partial charge >= 0.3 is 18.0 Å². The predicted octanol–water partition coefficient (Wildman–Crippen LogP) is 3.18. The van der Waals surface area contributed by atoms with E-state index in [0.29, 0.717) is 0 Å². The topological polar surface area (TPSA) is 116 Å². The number of rotatable bonds is 8. The van der Waals surface area contributed by atoms with E-state index in [2.05, 4.69) is 25.4 Å². The van der Waals surface area contributed by atoms with Gasteiger partial charge in [0.05, 0.1) is 18.5 Å². The molecule has 17 heteroatoms. The quantitative estimate of drug-likeness (QED) is 0.266. The minimum Gasteiger partial charge on any atom is -0.323 e. The number of nitrogens with zero attached hydrogens (tertiary/aromatic N) is 7. The Kier molecular flexibility index (Phi) is 7.12. The third-order valence-corrected chi connectivity index (χ3v) is 5.54. The Morgan fingerprint density at radius 3 is 2.41 bits per heavy atom. The molecular weight excluding hydrogens is 534 g/mol. The Morgan fingerprint density at radius 1 is 0.973 bits per heavy atom. The maximum atomic E-state index is 13.2. The molecule has 0 aliphatic rings. The highest BCUT2D eigenvalue weighted by Gasteiger charge is 2.33. The molecule has 1 aromatic carbocycles. The molecule has 3 heterocycles. The molecule has 0 atom stereocenters. The molecule has 0 fully saturated rings. The summed E-state index contributed by atoms with van der Waals surface area (Å²) in [7, 11) is 0. The highest BCUT2D eigenvalue weighted by atomic mass is 35.5. The van der Waals surface area contributed by atoms with E-state index in [1.807, 2.05) is 0 Å². The smallest absolute Gasteiger partial charge is 0.323 e. The van der Waals surface area contributed by atoms with E-state index in [0.717, 1.165) is 20.0 Å². The zero-order valence-electron chi connectivity index (χ0n) is 18.6. The lowest BCUT2D eigenvalue weighted by molar-refractivity contribution is -0.138. The molecule has 0 unspecified atom stereocenters. The second-order valence-corrected chi connectivity index (χ2v) is 8.33. The number of alkyl halides is 6. The summed E-state index contributed by atoms with van der Waals surface area (Å²) >= 11 is 5.76.